The van der Waals surface area contributed by atoms with Crippen molar-refractivity contribution >= 4 is 27.3 Å². The maximum Gasteiger partial charge on any atom is 0.249 e. The van der Waals surface area contributed by atoms with E-state index in [2.05, 4.69) is 5.32 Å². The number of sulfonamides is 1. The average molecular weight is 430 g/mol. The van der Waals surface area contributed by atoms with E-state index < -0.39 is 26.6 Å². The summed E-state index contributed by atoms with van der Waals surface area (Å²) in [6, 6.07) is 6.90. The van der Waals surface area contributed by atoms with Gasteiger partial charge in [-0.1, -0.05) is 12.1 Å². The highest BCUT2D eigenvalue weighted by Crippen LogP contribution is 2.23. The molecule has 1 amide bonds. The summed E-state index contributed by atoms with van der Waals surface area (Å²) in [6.45, 7) is 2.41. The number of hydrogen-bond acceptors (Lipinski definition) is 5. The Bertz CT molecular complexity index is 907. The molecule has 3 rings (SSSR count). The first-order chi connectivity index (χ1) is 13.3. The quantitative estimate of drug-likeness (QED) is 0.765. The van der Waals surface area contributed by atoms with Gasteiger partial charge in [-0.05, 0) is 30.5 Å². The van der Waals surface area contributed by atoms with Crippen molar-refractivity contribution < 1.29 is 22.0 Å². The van der Waals surface area contributed by atoms with Gasteiger partial charge in [0.05, 0.1) is 6.54 Å². The molecule has 2 aromatic rings. The number of halogens is 2. The number of amides is 1. The number of rotatable bonds is 6. The van der Waals surface area contributed by atoms with E-state index in [0.29, 0.717) is 0 Å². The summed E-state index contributed by atoms with van der Waals surface area (Å²) in [5, 5.41) is 5.12. The van der Waals surface area contributed by atoms with Crippen LogP contribution in [0.3, 0.4) is 0 Å². The first kappa shape index (κ1) is 20.8. The van der Waals surface area contributed by atoms with Crippen molar-refractivity contribution in [1.29, 1.82) is 0 Å². The van der Waals surface area contributed by atoms with E-state index in [1.165, 1.54) is 0 Å². The van der Waals surface area contributed by atoms with E-state index in [0.717, 1.165) is 27.4 Å². The van der Waals surface area contributed by atoms with Crippen molar-refractivity contribution in [2.75, 3.05) is 32.7 Å². The minimum Gasteiger partial charge on any atom is -0.339 e. The lowest BCUT2D eigenvalue weighted by molar-refractivity contribution is -0.131. The number of carbonyl (C=O) groups is 1. The van der Waals surface area contributed by atoms with Crippen LogP contribution < -0.4 is 5.32 Å². The van der Waals surface area contributed by atoms with E-state index in [4.69, 9.17) is 0 Å². The number of carbonyl (C=O) groups excluding carboxylic acids is 1. The molecular weight excluding hydrogens is 408 g/mol. The Morgan fingerprint density at radius 2 is 1.79 bits per heavy atom. The first-order valence-electron chi connectivity index (χ1n) is 8.79. The minimum atomic E-state index is -4.30. The van der Waals surface area contributed by atoms with Crippen molar-refractivity contribution in [3.8, 4) is 0 Å². The molecule has 0 aliphatic carbocycles. The maximum atomic E-state index is 13.9. The summed E-state index contributed by atoms with van der Waals surface area (Å²) in [5.41, 5.74) is 0. The van der Waals surface area contributed by atoms with Crippen LogP contribution in [0.4, 0.5) is 8.78 Å². The molecular formula is C18H21F2N3O3S2. The Kier molecular flexibility index (Phi) is 6.43. The summed E-state index contributed by atoms with van der Waals surface area (Å²) in [5.74, 6) is -2.38. The molecule has 0 spiro atoms. The van der Waals surface area contributed by atoms with Gasteiger partial charge in [0.15, 0.2) is 4.90 Å². The van der Waals surface area contributed by atoms with Crippen LogP contribution >= 0.6 is 11.3 Å². The number of thiophene rings is 1. The van der Waals surface area contributed by atoms with E-state index in [1.54, 1.807) is 16.2 Å². The molecule has 0 radical (unpaired) electrons. The molecule has 1 N–H and O–H groups in total. The molecule has 1 saturated heterocycles. The van der Waals surface area contributed by atoms with Crippen LogP contribution in [0.25, 0.3) is 0 Å². The van der Waals surface area contributed by atoms with Crippen molar-refractivity contribution in [2.24, 2.45) is 0 Å². The monoisotopic (exact) mass is 429 g/mol. The van der Waals surface area contributed by atoms with Gasteiger partial charge in [-0.3, -0.25) is 4.79 Å². The molecule has 10 heteroatoms. The van der Waals surface area contributed by atoms with Crippen LogP contribution in [0.2, 0.25) is 0 Å². The van der Waals surface area contributed by atoms with Gasteiger partial charge >= 0.3 is 0 Å². The third-order valence-corrected chi connectivity index (χ3v) is 7.64. The third-order valence-electron chi connectivity index (χ3n) is 4.64. The minimum absolute atomic E-state index is 0.0116. The van der Waals surface area contributed by atoms with Gasteiger partial charge in [0.1, 0.15) is 11.6 Å². The molecule has 1 atom stereocenters. The second-order valence-corrected chi connectivity index (χ2v) is 9.31. The molecule has 1 aromatic heterocycles. The summed E-state index contributed by atoms with van der Waals surface area (Å²) >= 11 is 1.60. The van der Waals surface area contributed by atoms with Crippen molar-refractivity contribution in [1.82, 2.24) is 14.5 Å². The van der Waals surface area contributed by atoms with Gasteiger partial charge in [0.2, 0.25) is 15.9 Å². The fourth-order valence-corrected chi connectivity index (χ4v) is 5.32. The maximum absolute atomic E-state index is 13.9. The Morgan fingerprint density at radius 1 is 1.14 bits per heavy atom. The largest absolute Gasteiger partial charge is 0.339 e. The van der Waals surface area contributed by atoms with Crippen molar-refractivity contribution in [3.63, 3.8) is 0 Å². The molecule has 2 heterocycles. The Labute approximate surface area is 166 Å². The van der Waals surface area contributed by atoms with Crippen LogP contribution in [0, 0.1) is 11.6 Å². The molecule has 1 aromatic carbocycles. The lowest BCUT2D eigenvalue weighted by atomic mass is 10.2. The van der Waals surface area contributed by atoms with Gasteiger partial charge in [-0.2, -0.15) is 4.31 Å². The van der Waals surface area contributed by atoms with Crippen LogP contribution in [0.1, 0.15) is 17.8 Å². The van der Waals surface area contributed by atoms with Crippen LogP contribution in [-0.4, -0.2) is 56.3 Å². The van der Waals surface area contributed by atoms with Gasteiger partial charge in [-0.15, -0.1) is 11.3 Å². The Morgan fingerprint density at radius 3 is 2.36 bits per heavy atom. The number of nitrogens with zero attached hydrogens (tertiary/aromatic N) is 2. The summed E-state index contributed by atoms with van der Waals surface area (Å²) in [7, 11) is -4.30. The molecule has 1 fully saturated rings. The predicted octanol–water partition coefficient (Wildman–Crippen LogP) is 2.21. The second kappa shape index (κ2) is 8.64. The van der Waals surface area contributed by atoms with Crippen LogP contribution in [-0.2, 0) is 14.8 Å². The van der Waals surface area contributed by atoms with E-state index in [9.17, 15) is 22.0 Å². The molecule has 28 heavy (non-hydrogen) atoms. The highest BCUT2D eigenvalue weighted by atomic mass is 32.2. The number of piperazine rings is 1. The van der Waals surface area contributed by atoms with Gasteiger partial charge in [-0.25, -0.2) is 17.2 Å². The molecule has 1 unspecified atom stereocenters. The molecule has 0 saturated carbocycles. The SMILES string of the molecule is CC(NCC(=O)N1CCN(S(=O)(=O)c2c(F)cccc2F)CC1)c1cccs1. The fourth-order valence-electron chi connectivity index (χ4n) is 3.03. The second-order valence-electron chi connectivity index (χ2n) is 6.45. The smallest absolute Gasteiger partial charge is 0.249 e. The number of nitrogens with one attached hydrogen (secondary N) is 1. The van der Waals surface area contributed by atoms with E-state index >= 15 is 0 Å². The highest BCUT2D eigenvalue weighted by Gasteiger charge is 2.34. The third kappa shape index (κ3) is 4.40. The zero-order valence-electron chi connectivity index (χ0n) is 15.3. The van der Waals surface area contributed by atoms with Gasteiger partial charge in [0.25, 0.3) is 0 Å². The highest BCUT2D eigenvalue weighted by molar-refractivity contribution is 7.89. The lowest BCUT2D eigenvalue weighted by Crippen LogP contribution is -2.52. The van der Waals surface area contributed by atoms with Gasteiger partial charge < -0.3 is 10.2 Å². The Hall–Kier alpha value is -1.88. The predicted molar refractivity (Wildman–Crippen MR) is 102 cm³/mol. The first-order valence-corrected chi connectivity index (χ1v) is 11.1. The number of hydrogen-bond donors (Lipinski definition) is 1. The zero-order valence-corrected chi connectivity index (χ0v) is 16.9. The van der Waals surface area contributed by atoms with Crippen molar-refractivity contribution in [2.45, 2.75) is 17.9 Å². The topological polar surface area (TPSA) is 69.7 Å². The van der Waals surface area contributed by atoms with Crippen LogP contribution in [0.15, 0.2) is 40.6 Å². The molecule has 0 bridgehead atoms. The summed E-state index contributed by atoms with van der Waals surface area (Å²) in [4.78, 5) is 14.1. The fraction of sp³-hybridized carbons (Fsp3) is 0.389. The average Bonchev–Trinajstić information content (AvgIpc) is 3.20. The molecule has 152 valence electrons. The van der Waals surface area contributed by atoms with Crippen molar-refractivity contribution in [3.05, 3.63) is 52.2 Å². The molecule has 1 aliphatic heterocycles. The Balaban J connectivity index is 1.57. The summed E-state index contributed by atoms with van der Waals surface area (Å²) in [6.07, 6.45) is 0. The van der Waals surface area contributed by atoms with E-state index in [1.807, 2.05) is 24.4 Å². The normalized spacial score (nSPS) is 16.9. The van der Waals surface area contributed by atoms with E-state index in [-0.39, 0.29) is 44.7 Å². The molecule has 1 aliphatic rings. The lowest BCUT2D eigenvalue weighted by Gasteiger charge is -2.34. The van der Waals surface area contributed by atoms with Gasteiger partial charge in [0, 0.05) is 37.1 Å². The standard InChI is InChI=1S/C18H21F2N3O3S2/c1-13(16-6-3-11-27-16)21-12-17(24)22-7-9-23(10-8-22)28(25,26)18-14(19)4-2-5-15(18)20/h2-6,11,13,21H,7-10,12H2,1H3. The summed E-state index contributed by atoms with van der Waals surface area (Å²) < 4.78 is 53.9. The number of benzene rings is 1. The van der Waals surface area contributed by atoms with Crippen LogP contribution in [0.5, 0.6) is 0 Å². The molecule has 6 nitrogen and oxygen atoms in total. The zero-order chi connectivity index (χ0) is 20.3.